The van der Waals surface area contributed by atoms with E-state index in [0.717, 1.165) is 5.39 Å². The zero-order valence-corrected chi connectivity index (χ0v) is 18.3. The molecule has 2 aromatic carbocycles. The van der Waals surface area contributed by atoms with Gasteiger partial charge in [-0.25, -0.2) is 13.8 Å². The molecule has 10 heteroatoms. The Bertz CT molecular complexity index is 1370. The zero-order valence-electron chi connectivity index (χ0n) is 18.3. The third-order valence-electron chi connectivity index (χ3n) is 5.59. The van der Waals surface area contributed by atoms with Crippen molar-refractivity contribution in [2.75, 3.05) is 38.7 Å². The van der Waals surface area contributed by atoms with Gasteiger partial charge in [0.2, 0.25) is 5.95 Å². The summed E-state index contributed by atoms with van der Waals surface area (Å²) < 4.78 is 40.6. The number of rotatable bonds is 5. The number of aromatic nitrogens is 3. The normalized spacial score (nSPS) is 13.8. The summed E-state index contributed by atoms with van der Waals surface area (Å²) >= 11 is 0. The molecule has 0 spiro atoms. The van der Waals surface area contributed by atoms with E-state index < -0.39 is 11.6 Å². The number of ether oxygens (including phenoxy) is 2. The fourth-order valence-electron chi connectivity index (χ4n) is 3.82. The molecule has 0 saturated carbocycles. The molecule has 0 unspecified atom stereocenters. The molecule has 1 aliphatic rings. The van der Waals surface area contributed by atoms with Crippen molar-refractivity contribution in [1.82, 2.24) is 19.4 Å². The first-order valence-electron chi connectivity index (χ1n) is 10.6. The van der Waals surface area contributed by atoms with E-state index in [1.807, 2.05) is 6.07 Å². The Hall–Kier alpha value is -4.05. The summed E-state index contributed by atoms with van der Waals surface area (Å²) in [5.41, 5.74) is 1.62. The number of morpholine rings is 1. The molecule has 1 fully saturated rings. The van der Waals surface area contributed by atoms with Gasteiger partial charge in [0.15, 0.2) is 11.6 Å². The maximum atomic E-state index is 14.9. The first-order valence-corrected chi connectivity index (χ1v) is 10.6. The van der Waals surface area contributed by atoms with Gasteiger partial charge in [-0.3, -0.25) is 4.79 Å². The highest BCUT2D eigenvalue weighted by Gasteiger charge is 2.22. The predicted molar refractivity (Wildman–Crippen MR) is 122 cm³/mol. The second-order valence-electron chi connectivity index (χ2n) is 7.70. The molecule has 8 nitrogen and oxygen atoms in total. The van der Waals surface area contributed by atoms with E-state index >= 15 is 0 Å². The van der Waals surface area contributed by atoms with E-state index in [-0.39, 0.29) is 23.2 Å². The lowest BCUT2D eigenvalue weighted by Crippen LogP contribution is -2.41. The van der Waals surface area contributed by atoms with Crippen LogP contribution in [0.5, 0.6) is 5.75 Å². The molecular weight excluding hydrogens is 444 g/mol. The van der Waals surface area contributed by atoms with Crippen molar-refractivity contribution >= 4 is 28.6 Å². The zero-order chi connectivity index (χ0) is 23.7. The Morgan fingerprint density at radius 2 is 1.91 bits per heavy atom. The van der Waals surface area contributed by atoms with Gasteiger partial charge in [-0.1, -0.05) is 0 Å². The molecule has 1 aliphatic heterocycles. The fraction of sp³-hybridized carbons (Fsp3) is 0.208. The first-order chi connectivity index (χ1) is 16.5. The van der Waals surface area contributed by atoms with Gasteiger partial charge in [0, 0.05) is 48.3 Å². The SMILES string of the molecule is COc1cc(Nc2ncc3ccn(-c4ccc(C(=O)N5CCOCC5)c(F)c4)c3n2)ccc1F. The highest BCUT2D eigenvalue weighted by molar-refractivity contribution is 5.95. The molecular formula is C24H21F2N5O3. The fourth-order valence-corrected chi connectivity index (χ4v) is 3.82. The van der Waals surface area contributed by atoms with E-state index in [0.29, 0.717) is 43.3 Å². The lowest BCUT2D eigenvalue weighted by Gasteiger charge is -2.27. The minimum absolute atomic E-state index is 0.0179. The van der Waals surface area contributed by atoms with E-state index in [4.69, 9.17) is 9.47 Å². The summed E-state index contributed by atoms with van der Waals surface area (Å²) in [7, 11) is 1.39. The van der Waals surface area contributed by atoms with Crippen molar-refractivity contribution < 1.29 is 23.0 Å². The third kappa shape index (κ3) is 4.15. The molecule has 0 bridgehead atoms. The number of anilines is 2. The summed E-state index contributed by atoms with van der Waals surface area (Å²) in [5, 5.41) is 3.77. The maximum absolute atomic E-state index is 14.9. The van der Waals surface area contributed by atoms with Crippen LogP contribution in [0.2, 0.25) is 0 Å². The lowest BCUT2D eigenvalue weighted by atomic mass is 10.1. The Morgan fingerprint density at radius 1 is 1.09 bits per heavy atom. The van der Waals surface area contributed by atoms with Crippen molar-refractivity contribution in [3.63, 3.8) is 0 Å². The summed E-state index contributed by atoms with van der Waals surface area (Å²) in [6.07, 6.45) is 3.39. The quantitative estimate of drug-likeness (QED) is 0.481. The topological polar surface area (TPSA) is 81.5 Å². The van der Waals surface area contributed by atoms with Crippen LogP contribution < -0.4 is 10.1 Å². The van der Waals surface area contributed by atoms with Gasteiger partial charge in [-0.2, -0.15) is 4.98 Å². The van der Waals surface area contributed by atoms with Crippen molar-refractivity contribution in [2.45, 2.75) is 0 Å². The Balaban J connectivity index is 1.44. The first kappa shape index (κ1) is 21.8. The number of hydrogen-bond donors (Lipinski definition) is 1. The number of carbonyl (C=O) groups is 1. The number of methoxy groups -OCH3 is 1. The second kappa shape index (κ2) is 9.06. The van der Waals surface area contributed by atoms with E-state index in [9.17, 15) is 13.6 Å². The summed E-state index contributed by atoms with van der Waals surface area (Å²) in [5.74, 6) is -1.07. The van der Waals surface area contributed by atoms with Gasteiger partial charge in [0.1, 0.15) is 11.5 Å². The van der Waals surface area contributed by atoms with Crippen LogP contribution in [0, 0.1) is 11.6 Å². The molecule has 1 amide bonds. The Labute approximate surface area is 193 Å². The summed E-state index contributed by atoms with van der Waals surface area (Å²) in [4.78, 5) is 23.1. The van der Waals surface area contributed by atoms with Crippen molar-refractivity contribution in [1.29, 1.82) is 0 Å². The minimum atomic E-state index is -0.610. The number of fused-ring (bicyclic) bond motifs is 1. The second-order valence-corrected chi connectivity index (χ2v) is 7.70. The van der Waals surface area contributed by atoms with Crippen LogP contribution in [0.25, 0.3) is 16.7 Å². The maximum Gasteiger partial charge on any atom is 0.256 e. The van der Waals surface area contributed by atoms with Crippen LogP contribution in [-0.4, -0.2) is 58.8 Å². The van der Waals surface area contributed by atoms with E-state index in [2.05, 4.69) is 15.3 Å². The molecule has 0 atom stereocenters. The number of nitrogens with one attached hydrogen (secondary N) is 1. The van der Waals surface area contributed by atoms with E-state index in [1.54, 1.807) is 34.0 Å². The molecule has 2 aromatic heterocycles. The van der Waals surface area contributed by atoms with Gasteiger partial charge in [-0.15, -0.1) is 0 Å². The van der Waals surface area contributed by atoms with Crippen molar-refractivity contribution in [3.8, 4) is 11.4 Å². The van der Waals surface area contributed by atoms with E-state index in [1.165, 1.54) is 31.4 Å². The molecule has 34 heavy (non-hydrogen) atoms. The van der Waals surface area contributed by atoms with Gasteiger partial charge in [0.05, 0.1) is 25.9 Å². The van der Waals surface area contributed by atoms with Crippen LogP contribution in [0.4, 0.5) is 20.4 Å². The molecule has 3 heterocycles. The molecule has 5 rings (SSSR count). The molecule has 0 radical (unpaired) electrons. The average molecular weight is 465 g/mol. The standard InChI is InChI=1S/C24H21F2N5O3/c1-33-21-12-16(2-5-19(21)25)28-24-27-14-15-6-7-31(22(15)29-24)17-3-4-18(20(26)13-17)23(32)30-8-10-34-11-9-30/h2-7,12-14H,8-11H2,1H3,(H,27,28,29). The molecule has 0 aliphatic carbocycles. The number of hydrogen-bond acceptors (Lipinski definition) is 6. The van der Waals surface area contributed by atoms with Gasteiger partial charge >= 0.3 is 0 Å². The van der Waals surface area contributed by atoms with Gasteiger partial charge in [0.25, 0.3) is 5.91 Å². The highest BCUT2D eigenvalue weighted by Crippen LogP contribution is 2.25. The monoisotopic (exact) mass is 465 g/mol. The number of carbonyl (C=O) groups excluding carboxylic acids is 1. The number of amides is 1. The highest BCUT2D eigenvalue weighted by atomic mass is 19.1. The van der Waals surface area contributed by atoms with Crippen LogP contribution in [0.1, 0.15) is 10.4 Å². The van der Waals surface area contributed by atoms with Crippen LogP contribution in [-0.2, 0) is 4.74 Å². The third-order valence-corrected chi connectivity index (χ3v) is 5.59. The largest absolute Gasteiger partial charge is 0.494 e. The van der Waals surface area contributed by atoms with Crippen molar-refractivity contribution in [2.24, 2.45) is 0 Å². The van der Waals surface area contributed by atoms with Crippen molar-refractivity contribution in [3.05, 3.63) is 72.1 Å². The molecule has 174 valence electrons. The van der Waals surface area contributed by atoms with Crippen LogP contribution >= 0.6 is 0 Å². The summed E-state index contributed by atoms with van der Waals surface area (Å²) in [6, 6.07) is 10.6. The number of benzene rings is 2. The summed E-state index contributed by atoms with van der Waals surface area (Å²) in [6.45, 7) is 1.77. The average Bonchev–Trinajstić information content (AvgIpc) is 3.28. The number of halogens is 2. The Kier molecular flexibility index (Phi) is 5.81. The smallest absolute Gasteiger partial charge is 0.256 e. The Morgan fingerprint density at radius 3 is 2.68 bits per heavy atom. The lowest BCUT2D eigenvalue weighted by molar-refractivity contribution is 0.0300. The molecule has 1 saturated heterocycles. The number of nitrogens with zero attached hydrogens (tertiary/aromatic N) is 4. The molecule has 1 N–H and O–H groups in total. The predicted octanol–water partition coefficient (Wildman–Crippen LogP) is 3.92. The van der Waals surface area contributed by atoms with Gasteiger partial charge < -0.3 is 24.3 Å². The van der Waals surface area contributed by atoms with Crippen LogP contribution in [0.3, 0.4) is 0 Å². The van der Waals surface area contributed by atoms with Crippen LogP contribution in [0.15, 0.2) is 54.9 Å². The minimum Gasteiger partial charge on any atom is -0.494 e. The van der Waals surface area contributed by atoms with Gasteiger partial charge in [-0.05, 0) is 36.4 Å². The molecule has 4 aromatic rings.